The third-order valence-electron chi connectivity index (χ3n) is 1.31. The van der Waals surface area contributed by atoms with Gasteiger partial charge in [0.25, 0.3) is 0 Å². The molecule has 0 radical (unpaired) electrons. The van der Waals surface area contributed by atoms with Crippen molar-refractivity contribution in [2.45, 2.75) is 25.4 Å². The highest BCUT2D eigenvalue weighted by atomic mass is 16.6. The zero-order chi connectivity index (χ0) is 8.69. The van der Waals surface area contributed by atoms with Gasteiger partial charge >= 0.3 is 0 Å². The Balaban J connectivity index is 3.28. The molecule has 0 spiro atoms. The molecular formula is C7H13NO3. The molecule has 1 unspecified atom stereocenters. The monoisotopic (exact) mass is 159 g/mol. The Morgan fingerprint density at radius 3 is 2.82 bits per heavy atom. The van der Waals surface area contributed by atoms with Crippen molar-refractivity contribution in [1.29, 1.82) is 0 Å². The van der Waals surface area contributed by atoms with Crippen LogP contribution >= 0.6 is 0 Å². The predicted molar refractivity (Wildman–Crippen MR) is 41.9 cm³/mol. The van der Waals surface area contributed by atoms with Crippen LogP contribution in [0, 0.1) is 10.1 Å². The van der Waals surface area contributed by atoms with Gasteiger partial charge in [0.05, 0.1) is 0 Å². The number of hydrogen-bond donors (Lipinski definition) is 1. The molecule has 0 amide bonds. The van der Waals surface area contributed by atoms with Crippen LogP contribution in [0.1, 0.15) is 19.3 Å². The van der Waals surface area contributed by atoms with Gasteiger partial charge in [0.1, 0.15) is 6.10 Å². The van der Waals surface area contributed by atoms with Crippen molar-refractivity contribution in [2.24, 2.45) is 0 Å². The smallest absolute Gasteiger partial charge is 0.229 e. The molecule has 0 aromatic heterocycles. The van der Waals surface area contributed by atoms with Gasteiger partial charge < -0.3 is 5.11 Å². The van der Waals surface area contributed by atoms with Crippen molar-refractivity contribution in [3.8, 4) is 0 Å². The Morgan fingerprint density at radius 1 is 1.73 bits per heavy atom. The second-order valence-corrected chi connectivity index (χ2v) is 2.39. The second-order valence-electron chi connectivity index (χ2n) is 2.39. The number of aliphatic hydroxyl groups is 1. The highest BCUT2D eigenvalue weighted by Crippen LogP contribution is 2.00. The fourth-order valence-corrected chi connectivity index (χ4v) is 0.761. The van der Waals surface area contributed by atoms with Gasteiger partial charge in [-0.15, -0.1) is 6.58 Å². The van der Waals surface area contributed by atoms with Crippen molar-refractivity contribution < 1.29 is 10.0 Å². The number of nitrogens with zero attached hydrogens (tertiary/aromatic N) is 1. The van der Waals surface area contributed by atoms with E-state index in [2.05, 4.69) is 6.58 Å². The van der Waals surface area contributed by atoms with E-state index < -0.39 is 11.0 Å². The van der Waals surface area contributed by atoms with Crippen molar-refractivity contribution in [1.82, 2.24) is 0 Å². The Bertz CT molecular complexity index is 136. The van der Waals surface area contributed by atoms with Gasteiger partial charge in [-0.25, -0.2) is 0 Å². The number of unbranched alkanes of at least 4 members (excludes halogenated alkanes) is 1. The minimum atomic E-state index is -0.801. The zero-order valence-electron chi connectivity index (χ0n) is 6.40. The molecule has 0 aromatic carbocycles. The highest BCUT2D eigenvalue weighted by molar-refractivity contribution is 4.67. The molecule has 0 saturated heterocycles. The molecule has 0 aliphatic heterocycles. The Hall–Kier alpha value is -0.900. The number of aliphatic hydroxyl groups excluding tert-OH is 1. The lowest BCUT2D eigenvalue weighted by Crippen LogP contribution is -2.18. The van der Waals surface area contributed by atoms with Gasteiger partial charge in [-0.2, -0.15) is 0 Å². The minimum Gasteiger partial charge on any atom is -0.386 e. The van der Waals surface area contributed by atoms with Gasteiger partial charge in [0.15, 0.2) is 0 Å². The van der Waals surface area contributed by atoms with Crippen LogP contribution in [-0.4, -0.2) is 22.7 Å². The van der Waals surface area contributed by atoms with E-state index in [1.165, 1.54) is 0 Å². The second kappa shape index (κ2) is 5.85. The van der Waals surface area contributed by atoms with Crippen molar-refractivity contribution >= 4 is 0 Å². The molecule has 4 nitrogen and oxygen atoms in total. The fraction of sp³-hybridized carbons (Fsp3) is 0.714. The van der Waals surface area contributed by atoms with Crippen LogP contribution in [0.2, 0.25) is 0 Å². The summed E-state index contributed by atoms with van der Waals surface area (Å²) in [7, 11) is 0. The van der Waals surface area contributed by atoms with Gasteiger partial charge in [-0.1, -0.05) is 6.08 Å². The Morgan fingerprint density at radius 2 is 2.36 bits per heavy atom. The Labute approximate surface area is 65.7 Å². The third-order valence-corrected chi connectivity index (χ3v) is 1.31. The topological polar surface area (TPSA) is 63.4 Å². The van der Waals surface area contributed by atoms with Crippen LogP contribution < -0.4 is 0 Å². The van der Waals surface area contributed by atoms with Crippen LogP contribution in [-0.2, 0) is 0 Å². The maximum absolute atomic E-state index is 9.87. The first kappa shape index (κ1) is 10.1. The zero-order valence-corrected chi connectivity index (χ0v) is 6.40. The van der Waals surface area contributed by atoms with E-state index in [0.29, 0.717) is 6.42 Å². The van der Waals surface area contributed by atoms with Crippen LogP contribution in [0.3, 0.4) is 0 Å². The first-order valence-corrected chi connectivity index (χ1v) is 3.57. The van der Waals surface area contributed by atoms with E-state index in [1.807, 2.05) is 0 Å². The van der Waals surface area contributed by atoms with Crippen molar-refractivity contribution in [2.75, 3.05) is 6.54 Å². The first-order valence-electron chi connectivity index (χ1n) is 3.57. The van der Waals surface area contributed by atoms with Crippen LogP contribution in [0.25, 0.3) is 0 Å². The normalized spacial score (nSPS) is 12.5. The first-order chi connectivity index (χ1) is 5.16. The predicted octanol–water partition coefficient (Wildman–Crippen LogP) is 0.980. The molecule has 0 bridgehead atoms. The van der Waals surface area contributed by atoms with E-state index in [0.717, 1.165) is 12.8 Å². The molecule has 0 aliphatic carbocycles. The summed E-state index contributed by atoms with van der Waals surface area (Å²) in [6.07, 6.45) is 2.98. The van der Waals surface area contributed by atoms with E-state index in [1.54, 1.807) is 6.08 Å². The van der Waals surface area contributed by atoms with Gasteiger partial charge in [0.2, 0.25) is 6.54 Å². The van der Waals surface area contributed by atoms with Crippen molar-refractivity contribution in [3.05, 3.63) is 22.8 Å². The summed E-state index contributed by atoms with van der Waals surface area (Å²) in [5, 5.41) is 18.8. The van der Waals surface area contributed by atoms with Crippen molar-refractivity contribution in [3.63, 3.8) is 0 Å². The highest BCUT2D eigenvalue weighted by Gasteiger charge is 2.09. The molecule has 1 N–H and O–H groups in total. The molecule has 11 heavy (non-hydrogen) atoms. The molecule has 0 fully saturated rings. The minimum absolute atomic E-state index is 0.350. The summed E-state index contributed by atoms with van der Waals surface area (Å²) in [4.78, 5) is 9.37. The van der Waals surface area contributed by atoms with E-state index >= 15 is 0 Å². The molecule has 64 valence electrons. The maximum Gasteiger partial charge on any atom is 0.229 e. The van der Waals surface area contributed by atoms with E-state index in [9.17, 15) is 10.1 Å². The molecular weight excluding hydrogens is 146 g/mol. The summed E-state index contributed by atoms with van der Waals surface area (Å²) in [5.41, 5.74) is 0. The van der Waals surface area contributed by atoms with Gasteiger partial charge in [-0.3, -0.25) is 10.1 Å². The molecule has 0 aliphatic rings. The summed E-state index contributed by atoms with van der Waals surface area (Å²) in [5.74, 6) is 0. The SMILES string of the molecule is C=CCCCC(O)C[N+](=O)[O-]. The number of nitro groups is 1. The summed E-state index contributed by atoms with van der Waals surface area (Å²) in [6.45, 7) is 3.15. The summed E-state index contributed by atoms with van der Waals surface area (Å²) < 4.78 is 0. The standard InChI is InChI=1S/C7H13NO3/c1-2-3-4-5-7(9)6-8(10)11/h2,7,9H,1,3-6H2. The average Bonchev–Trinajstić information content (AvgIpc) is 1.86. The third kappa shape index (κ3) is 6.99. The molecule has 0 aromatic rings. The van der Waals surface area contributed by atoms with E-state index in [-0.39, 0.29) is 6.54 Å². The van der Waals surface area contributed by atoms with Crippen LogP contribution in [0.5, 0.6) is 0 Å². The molecule has 4 heteroatoms. The number of allylic oxidation sites excluding steroid dienone is 1. The van der Waals surface area contributed by atoms with Gasteiger partial charge in [0, 0.05) is 4.92 Å². The number of hydrogen-bond acceptors (Lipinski definition) is 3. The van der Waals surface area contributed by atoms with Crippen LogP contribution in [0.15, 0.2) is 12.7 Å². The lowest BCUT2D eigenvalue weighted by atomic mass is 10.1. The van der Waals surface area contributed by atoms with Gasteiger partial charge in [-0.05, 0) is 19.3 Å². The quantitative estimate of drug-likeness (QED) is 0.272. The molecule has 0 saturated carbocycles. The lowest BCUT2D eigenvalue weighted by Gasteiger charge is -2.02. The molecule has 0 heterocycles. The lowest BCUT2D eigenvalue weighted by molar-refractivity contribution is -0.490. The molecule has 0 rings (SSSR count). The van der Waals surface area contributed by atoms with E-state index in [4.69, 9.17) is 5.11 Å². The summed E-state index contributed by atoms with van der Waals surface area (Å²) in [6, 6.07) is 0. The average molecular weight is 159 g/mol. The largest absolute Gasteiger partial charge is 0.386 e. The maximum atomic E-state index is 9.87. The fourth-order valence-electron chi connectivity index (χ4n) is 0.761. The van der Waals surface area contributed by atoms with Crippen LogP contribution in [0.4, 0.5) is 0 Å². The summed E-state index contributed by atoms with van der Waals surface area (Å²) >= 11 is 0. The Kier molecular flexibility index (Phi) is 5.37. The number of rotatable bonds is 6. The molecule has 1 atom stereocenters.